The number of hydrogen-bond acceptors (Lipinski definition) is 14. The van der Waals surface area contributed by atoms with Crippen LogP contribution in [0, 0.1) is 0 Å². The molecule has 87 heavy (non-hydrogen) atoms. The van der Waals surface area contributed by atoms with Crippen molar-refractivity contribution in [2.75, 3.05) is 33.5 Å². The highest BCUT2D eigenvalue weighted by molar-refractivity contribution is 7.46. The molecular formula is C65H124N2O18P2. The molecule has 7 N–H and O–H groups in total. The first-order valence-electron chi connectivity index (χ1n) is 34.5. The summed E-state index contributed by atoms with van der Waals surface area (Å²) in [4.78, 5) is 81.9. The molecule has 10 unspecified atom stereocenters. The van der Waals surface area contributed by atoms with Gasteiger partial charge in [-0.3, -0.25) is 23.4 Å². The minimum atomic E-state index is -5.38. The summed E-state index contributed by atoms with van der Waals surface area (Å²) in [6.07, 6.45) is 31.9. The molecule has 20 nitrogen and oxygen atoms in total. The zero-order chi connectivity index (χ0) is 63.8. The standard InChI is InChI=1S/C65H124N2O18P2/c1-6-10-14-18-22-26-27-28-29-30-31-33-35-39-43-47-56(69)66-59-63(80-49-45-41-37-25-21-17-13-9-4)61(84-86(72,73)74)55(51-78-5)83-64(59)81-52-54-60(71)62(79-48-44-40-36-24-20-16-12-8-3)58(65(82-54)85-87(75,76)77)67-57(70)50-53(68)46-42-38-34-32-23-19-15-11-7-2/h26-27,54-55,58-65,71H,6-25,28-52H2,1-5H3,(H,66,69)(H,67,70)(H2,72,73,74)(H2,75,76,77)/b27-26+. The molecule has 2 aliphatic heterocycles. The van der Waals surface area contributed by atoms with E-state index in [9.17, 15) is 48.2 Å². The zero-order valence-corrected chi connectivity index (χ0v) is 56.5. The van der Waals surface area contributed by atoms with Crippen LogP contribution in [-0.2, 0) is 61.0 Å². The smallest absolute Gasteiger partial charge is 0.388 e. The lowest BCUT2D eigenvalue weighted by atomic mass is 9.95. The third kappa shape index (κ3) is 40.8. The van der Waals surface area contributed by atoms with Crippen LogP contribution in [0.3, 0.4) is 0 Å². The van der Waals surface area contributed by atoms with Gasteiger partial charge in [0.15, 0.2) is 12.6 Å². The number of ether oxygens (including phenoxy) is 6. The Morgan fingerprint density at radius 2 is 0.828 bits per heavy atom. The number of rotatable bonds is 58. The van der Waals surface area contributed by atoms with Gasteiger partial charge in [-0.1, -0.05) is 232 Å². The highest BCUT2D eigenvalue weighted by atomic mass is 31.2. The maximum Gasteiger partial charge on any atom is 0.472 e. The van der Waals surface area contributed by atoms with Crippen molar-refractivity contribution in [3.8, 4) is 0 Å². The van der Waals surface area contributed by atoms with E-state index in [-0.39, 0.29) is 38.4 Å². The molecule has 2 heterocycles. The number of aliphatic hydroxyl groups excluding tert-OH is 1. The Kier molecular flexibility index (Phi) is 48.4. The number of allylic oxidation sites excluding steroid dienone is 2. The van der Waals surface area contributed by atoms with Crippen molar-refractivity contribution in [2.24, 2.45) is 0 Å². The van der Waals surface area contributed by atoms with Gasteiger partial charge < -0.3 is 63.7 Å². The average Bonchev–Trinajstić information content (AvgIpc) is 3.66. The number of carbonyl (C=O) groups excluding carboxylic acids is 3. The van der Waals surface area contributed by atoms with Crippen LogP contribution in [0.5, 0.6) is 0 Å². The molecule has 512 valence electrons. The van der Waals surface area contributed by atoms with Gasteiger partial charge in [0.25, 0.3) is 0 Å². The lowest BCUT2D eigenvalue weighted by molar-refractivity contribution is -0.300. The molecule has 10 atom stereocenters. The first kappa shape index (κ1) is 81.4. The van der Waals surface area contributed by atoms with Crippen molar-refractivity contribution < 1.29 is 85.7 Å². The van der Waals surface area contributed by atoms with Gasteiger partial charge in [-0.15, -0.1) is 0 Å². The Labute approximate surface area is 525 Å². The lowest BCUT2D eigenvalue weighted by Gasteiger charge is -2.47. The molecule has 0 aliphatic carbocycles. The molecule has 2 fully saturated rings. The molecule has 2 saturated heterocycles. The zero-order valence-electron chi connectivity index (χ0n) is 54.7. The predicted molar refractivity (Wildman–Crippen MR) is 341 cm³/mol. The van der Waals surface area contributed by atoms with Crippen molar-refractivity contribution in [1.82, 2.24) is 10.6 Å². The highest BCUT2D eigenvalue weighted by Gasteiger charge is 2.53. The summed E-state index contributed by atoms with van der Waals surface area (Å²) in [5.41, 5.74) is 0. The first-order valence-corrected chi connectivity index (χ1v) is 37.6. The fraction of sp³-hybridized carbons (Fsp3) is 0.923. The summed E-state index contributed by atoms with van der Waals surface area (Å²) in [6, 6.07) is -2.77. The van der Waals surface area contributed by atoms with Crippen LogP contribution < -0.4 is 10.6 Å². The number of phosphoric acid groups is 2. The molecule has 0 radical (unpaired) electrons. The second kappa shape index (κ2) is 51.8. The van der Waals surface area contributed by atoms with Crippen molar-refractivity contribution in [1.29, 1.82) is 0 Å². The molecule has 2 aliphatic rings. The molecule has 0 aromatic rings. The Hall–Kier alpha value is -1.71. The largest absolute Gasteiger partial charge is 0.472 e. The maximum absolute atomic E-state index is 14.0. The number of nitrogens with one attached hydrogen (secondary N) is 2. The fourth-order valence-electron chi connectivity index (χ4n) is 11.5. The van der Waals surface area contributed by atoms with E-state index < -0.39 is 102 Å². The number of ketones is 1. The second-order valence-electron chi connectivity index (χ2n) is 24.5. The van der Waals surface area contributed by atoms with Crippen LogP contribution in [0.25, 0.3) is 0 Å². The topological polar surface area (TPSA) is 284 Å². The van der Waals surface area contributed by atoms with Crippen molar-refractivity contribution in [3.05, 3.63) is 12.2 Å². The minimum Gasteiger partial charge on any atom is -0.388 e. The van der Waals surface area contributed by atoms with Gasteiger partial charge in [0.2, 0.25) is 11.8 Å². The number of methoxy groups -OCH3 is 1. The van der Waals surface area contributed by atoms with E-state index in [0.29, 0.717) is 25.7 Å². The van der Waals surface area contributed by atoms with Crippen molar-refractivity contribution in [3.63, 3.8) is 0 Å². The molecule has 22 heteroatoms. The van der Waals surface area contributed by atoms with Crippen LogP contribution in [0.4, 0.5) is 0 Å². The number of Topliss-reactive ketones (excluding diaryl/α,β-unsaturated/α-hetero) is 1. The second-order valence-corrected chi connectivity index (χ2v) is 26.8. The summed E-state index contributed by atoms with van der Waals surface area (Å²) in [5.74, 6) is -1.48. The van der Waals surface area contributed by atoms with E-state index in [1.807, 2.05) is 0 Å². The Balaban J connectivity index is 2.40. The van der Waals surface area contributed by atoms with Crippen LogP contribution in [0.2, 0.25) is 0 Å². The number of hydrogen-bond donors (Lipinski definition) is 7. The van der Waals surface area contributed by atoms with Gasteiger partial charge in [-0.05, 0) is 51.4 Å². The normalized spacial score (nSPS) is 22.7. The Bertz CT molecular complexity index is 1840. The lowest BCUT2D eigenvalue weighted by Crippen LogP contribution is -2.67. The van der Waals surface area contributed by atoms with Crippen LogP contribution in [0.15, 0.2) is 12.2 Å². The van der Waals surface area contributed by atoms with Crippen LogP contribution in [-0.4, -0.2) is 137 Å². The predicted octanol–water partition coefficient (Wildman–Crippen LogP) is 14.0. The number of phosphoric ester groups is 2. The van der Waals surface area contributed by atoms with E-state index in [2.05, 4.69) is 50.5 Å². The quantitative estimate of drug-likeness (QED) is 0.0129. The minimum absolute atomic E-state index is 0.0886. The summed E-state index contributed by atoms with van der Waals surface area (Å²) in [5, 5.41) is 17.9. The molecule has 0 spiro atoms. The number of aliphatic hydroxyl groups is 1. The highest BCUT2D eigenvalue weighted by Crippen LogP contribution is 2.44. The SMILES string of the molecule is CCCCCC/C=C/CCCCCCCCCC(=O)NC1C(OCC2OC(OP(=O)(O)O)C(NC(=O)CC(=O)CCCCCCCCCCC)C(OCCCCCCCCCC)C2O)OC(COC)C(OP(=O)(O)O)C1OCCCCCCCCCC. The number of unbranched alkanes of at least 4 members (excludes halogenated alkanes) is 33. The van der Waals surface area contributed by atoms with Gasteiger partial charge in [-0.2, -0.15) is 0 Å². The summed E-state index contributed by atoms with van der Waals surface area (Å²) < 4.78 is 73.2. The van der Waals surface area contributed by atoms with Gasteiger partial charge in [0, 0.05) is 33.2 Å². The Morgan fingerprint density at radius 1 is 0.437 bits per heavy atom. The van der Waals surface area contributed by atoms with E-state index in [0.717, 1.165) is 154 Å². The third-order valence-electron chi connectivity index (χ3n) is 16.4. The molecule has 0 bridgehead atoms. The number of carbonyl (C=O) groups is 3. The van der Waals surface area contributed by atoms with E-state index >= 15 is 0 Å². The molecule has 0 aromatic heterocycles. The van der Waals surface area contributed by atoms with Gasteiger partial charge in [0.1, 0.15) is 54.5 Å². The van der Waals surface area contributed by atoms with Gasteiger partial charge in [0.05, 0.1) is 19.6 Å². The number of amides is 2. The Morgan fingerprint density at radius 3 is 1.30 bits per heavy atom. The van der Waals surface area contributed by atoms with E-state index in [1.165, 1.54) is 71.3 Å². The molecule has 0 aromatic carbocycles. The summed E-state index contributed by atoms with van der Waals surface area (Å²) >= 11 is 0. The first-order chi connectivity index (χ1) is 42.0. The monoisotopic (exact) mass is 1280 g/mol. The summed E-state index contributed by atoms with van der Waals surface area (Å²) in [7, 11) is -9.23. The van der Waals surface area contributed by atoms with E-state index in [4.69, 9.17) is 37.5 Å². The van der Waals surface area contributed by atoms with Crippen LogP contribution >= 0.6 is 15.6 Å². The van der Waals surface area contributed by atoms with Crippen molar-refractivity contribution >= 4 is 33.2 Å². The molecular weight excluding hydrogens is 1160 g/mol. The third-order valence-corrected chi connectivity index (χ3v) is 17.4. The van der Waals surface area contributed by atoms with Gasteiger partial charge in [-0.25, -0.2) is 9.13 Å². The van der Waals surface area contributed by atoms with Crippen LogP contribution in [0.1, 0.15) is 291 Å². The molecule has 2 amide bonds. The fourth-order valence-corrected chi connectivity index (χ4v) is 12.5. The molecule has 2 rings (SSSR count). The van der Waals surface area contributed by atoms with Crippen molar-refractivity contribution in [2.45, 2.75) is 352 Å². The molecule has 0 saturated carbocycles. The maximum atomic E-state index is 14.0. The summed E-state index contributed by atoms with van der Waals surface area (Å²) in [6.45, 7) is 8.12. The average molecular weight is 1280 g/mol. The van der Waals surface area contributed by atoms with Gasteiger partial charge >= 0.3 is 15.6 Å². The van der Waals surface area contributed by atoms with E-state index in [1.54, 1.807) is 0 Å².